The van der Waals surface area contributed by atoms with Gasteiger partial charge >= 0.3 is 12.4 Å². The van der Waals surface area contributed by atoms with Crippen LogP contribution in [0.1, 0.15) is 16.7 Å². The Balaban J connectivity index is 3.45. The van der Waals surface area contributed by atoms with Crippen molar-refractivity contribution in [2.75, 3.05) is 0 Å². The van der Waals surface area contributed by atoms with Crippen LogP contribution < -0.4 is 0 Å². The highest BCUT2D eigenvalue weighted by molar-refractivity contribution is 6.17. The minimum absolute atomic E-state index is 0.576. The molecule has 0 aliphatic heterocycles. The first-order valence-electron chi connectivity index (χ1n) is 4.00. The first-order chi connectivity index (χ1) is 7.18. The van der Waals surface area contributed by atoms with Crippen molar-refractivity contribution in [3.8, 4) is 0 Å². The summed E-state index contributed by atoms with van der Waals surface area (Å²) < 4.78 is 74.3. The van der Waals surface area contributed by atoms with E-state index in [4.69, 9.17) is 11.6 Å². The number of alkyl halides is 7. The van der Waals surface area contributed by atoms with Crippen molar-refractivity contribution in [3.63, 3.8) is 0 Å². The normalized spacial score (nSPS) is 12.9. The lowest BCUT2D eigenvalue weighted by atomic mass is 10.0. The Bertz CT molecular complexity index is 346. The Kier molecular flexibility index (Phi) is 3.42. The van der Waals surface area contributed by atoms with Crippen molar-refractivity contribution >= 4 is 11.6 Å². The molecule has 0 unspecified atom stereocenters. The molecule has 0 saturated heterocycles. The fourth-order valence-corrected chi connectivity index (χ4v) is 1.55. The fraction of sp³-hybridized carbons (Fsp3) is 0.333. The van der Waals surface area contributed by atoms with Crippen molar-refractivity contribution in [2.24, 2.45) is 0 Å². The summed E-state index contributed by atoms with van der Waals surface area (Å²) in [6.45, 7) is 0. The summed E-state index contributed by atoms with van der Waals surface area (Å²) >= 11 is 5.15. The van der Waals surface area contributed by atoms with Gasteiger partial charge in [-0.25, -0.2) is 0 Å². The van der Waals surface area contributed by atoms with E-state index in [1.807, 2.05) is 0 Å². The number of halogens is 7. The molecule has 0 amide bonds. The largest absolute Gasteiger partial charge is 0.416 e. The van der Waals surface area contributed by atoms with Gasteiger partial charge in [0, 0.05) is 5.88 Å². The van der Waals surface area contributed by atoms with Crippen molar-refractivity contribution in [1.29, 1.82) is 0 Å². The van der Waals surface area contributed by atoms with Gasteiger partial charge in [0.15, 0.2) is 0 Å². The quantitative estimate of drug-likeness (QED) is 0.518. The lowest BCUT2D eigenvalue weighted by Gasteiger charge is -2.16. The Morgan fingerprint density at radius 3 is 1.50 bits per heavy atom. The van der Waals surface area contributed by atoms with Gasteiger partial charge in [-0.3, -0.25) is 0 Å². The summed E-state index contributed by atoms with van der Waals surface area (Å²) in [6, 6.07) is 1.86. The third kappa shape index (κ3) is 2.61. The van der Waals surface area contributed by atoms with E-state index in [0.29, 0.717) is 18.2 Å². The van der Waals surface area contributed by atoms with Crippen LogP contribution in [0.4, 0.5) is 26.3 Å². The molecule has 0 atom stereocenters. The van der Waals surface area contributed by atoms with Crippen LogP contribution in [0.3, 0.4) is 0 Å². The maximum absolute atomic E-state index is 12.4. The van der Waals surface area contributed by atoms with E-state index < -0.39 is 34.9 Å². The number of hydrogen-bond donors (Lipinski definition) is 0. The van der Waals surface area contributed by atoms with E-state index in [9.17, 15) is 26.3 Å². The lowest BCUT2D eigenvalue weighted by molar-refractivity contribution is -0.144. The molecule has 0 saturated carbocycles. The van der Waals surface area contributed by atoms with Crippen LogP contribution in [0.5, 0.6) is 0 Å². The van der Waals surface area contributed by atoms with Crippen LogP contribution in [-0.4, -0.2) is 0 Å². The van der Waals surface area contributed by atoms with Crippen LogP contribution in [-0.2, 0) is 18.2 Å². The summed E-state index contributed by atoms with van der Waals surface area (Å²) in [4.78, 5) is 0. The zero-order chi connectivity index (χ0) is 12.6. The summed E-state index contributed by atoms with van der Waals surface area (Å²) in [7, 11) is 0. The molecule has 0 fully saturated rings. The number of hydrogen-bond acceptors (Lipinski definition) is 0. The molecule has 0 aliphatic rings. The van der Waals surface area contributed by atoms with Gasteiger partial charge in [-0.15, -0.1) is 11.6 Å². The first-order valence-corrected chi connectivity index (χ1v) is 4.53. The molecule has 1 aromatic carbocycles. The molecule has 0 aromatic heterocycles. The average Bonchev–Trinajstić information content (AvgIpc) is 2.13. The van der Waals surface area contributed by atoms with Gasteiger partial charge in [-0.1, -0.05) is 6.07 Å². The third-order valence-electron chi connectivity index (χ3n) is 1.92. The summed E-state index contributed by atoms with van der Waals surface area (Å²) in [5.41, 5.74) is -3.64. The zero-order valence-electron chi connectivity index (χ0n) is 7.58. The van der Waals surface area contributed by atoms with E-state index in [1.54, 1.807) is 0 Å². The van der Waals surface area contributed by atoms with Gasteiger partial charge in [-0.05, 0) is 17.7 Å². The average molecular weight is 263 g/mol. The van der Waals surface area contributed by atoms with Crippen LogP contribution in [0, 0.1) is 0 Å². The first kappa shape index (κ1) is 13.2. The lowest BCUT2D eigenvalue weighted by Crippen LogP contribution is -2.15. The van der Waals surface area contributed by atoms with Crippen LogP contribution in [0.2, 0.25) is 0 Å². The van der Waals surface area contributed by atoms with Gasteiger partial charge in [0.1, 0.15) is 0 Å². The minimum Gasteiger partial charge on any atom is -0.166 e. The molecular formula is C9H5ClF6. The molecule has 0 radical (unpaired) electrons. The molecule has 0 heterocycles. The van der Waals surface area contributed by atoms with E-state index in [1.165, 1.54) is 0 Å². The van der Waals surface area contributed by atoms with Crippen molar-refractivity contribution < 1.29 is 26.3 Å². The maximum atomic E-state index is 12.4. The van der Waals surface area contributed by atoms with Crippen molar-refractivity contribution in [2.45, 2.75) is 18.2 Å². The Labute approximate surface area is 91.8 Å². The highest BCUT2D eigenvalue weighted by Crippen LogP contribution is 2.39. The SMILES string of the molecule is FC(F)(F)c1cccc(C(F)(F)F)c1CCl. The predicted molar refractivity (Wildman–Crippen MR) is 46.0 cm³/mol. The van der Waals surface area contributed by atoms with Crippen LogP contribution >= 0.6 is 11.6 Å². The molecule has 0 aliphatic carbocycles. The molecule has 0 N–H and O–H groups in total. The summed E-state index contributed by atoms with van der Waals surface area (Å²) in [5, 5.41) is 0. The molecule has 1 rings (SSSR count). The molecule has 16 heavy (non-hydrogen) atoms. The smallest absolute Gasteiger partial charge is 0.166 e. The molecule has 0 bridgehead atoms. The van der Waals surface area contributed by atoms with E-state index in [2.05, 4.69) is 0 Å². The number of benzene rings is 1. The van der Waals surface area contributed by atoms with Gasteiger partial charge in [-0.2, -0.15) is 26.3 Å². The minimum atomic E-state index is -4.84. The fourth-order valence-electron chi connectivity index (χ4n) is 1.26. The maximum Gasteiger partial charge on any atom is 0.416 e. The molecule has 90 valence electrons. The number of rotatable bonds is 1. The highest BCUT2D eigenvalue weighted by atomic mass is 35.5. The predicted octanol–water partition coefficient (Wildman–Crippen LogP) is 4.46. The highest BCUT2D eigenvalue weighted by Gasteiger charge is 2.39. The van der Waals surface area contributed by atoms with E-state index >= 15 is 0 Å². The van der Waals surface area contributed by atoms with Crippen LogP contribution in [0.25, 0.3) is 0 Å². The standard InChI is InChI=1S/C9H5ClF6/c10-4-5-6(8(11,12)13)2-1-3-7(5)9(14,15)16/h1-3H,4H2. The second kappa shape index (κ2) is 4.16. The molecule has 7 heteroatoms. The van der Waals surface area contributed by atoms with Gasteiger partial charge in [0.25, 0.3) is 0 Å². The monoisotopic (exact) mass is 262 g/mol. The molecule has 0 spiro atoms. The second-order valence-electron chi connectivity index (χ2n) is 2.96. The van der Waals surface area contributed by atoms with Crippen molar-refractivity contribution in [1.82, 2.24) is 0 Å². The Morgan fingerprint density at radius 1 is 0.875 bits per heavy atom. The molecular weight excluding hydrogens is 258 g/mol. The molecule has 0 nitrogen and oxygen atoms in total. The van der Waals surface area contributed by atoms with Crippen LogP contribution in [0.15, 0.2) is 18.2 Å². The van der Waals surface area contributed by atoms with Crippen molar-refractivity contribution in [3.05, 3.63) is 34.9 Å². The topological polar surface area (TPSA) is 0 Å². The van der Waals surface area contributed by atoms with Gasteiger partial charge in [0.2, 0.25) is 0 Å². The second-order valence-corrected chi connectivity index (χ2v) is 3.23. The van der Waals surface area contributed by atoms with E-state index in [0.717, 1.165) is 0 Å². The Hall–Kier alpha value is -0.910. The zero-order valence-corrected chi connectivity index (χ0v) is 8.34. The molecule has 1 aromatic rings. The van der Waals surface area contributed by atoms with Gasteiger partial charge in [0.05, 0.1) is 11.1 Å². The Morgan fingerprint density at radius 2 is 1.25 bits per heavy atom. The summed E-state index contributed by atoms with van der Waals surface area (Å²) in [5.74, 6) is -0.843. The van der Waals surface area contributed by atoms with E-state index in [-0.39, 0.29) is 0 Å². The van der Waals surface area contributed by atoms with Gasteiger partial charge < -0.3 is 0 Å². The third-order valence-corrected chi connectivity index (χ3v) is 2.19. The summed E-state index contributed by atoms with van der Waals surface area (Å²) in [6.07, 6.45) is -9.68.